The number of alkyl halides is 2. The fourth-order valence-corrected chi connectivity index (χ4v) is 1.86. The number of halogens is 3. The number of fused-ring (bicyclic) bond motifs is 1. The molecule has 0 atom stereocenters. The third-order valence-electron chi connectivity index (χ3n) is 2.22. The lowest BCUT2D eigenvalue weighted by Gasteiger charge is -2.00. The van der Waals surface area contributed by atoms with Gasteiger partial charge < -0.3 is 9.72 Å². The second kappa shape index (κ2) is 5.55. The van der Waals surface area contributed by atoms with Crippen LogP contribution in [0.2, 0.25) is 0 Å². The van der Waals surface area contributed by atoms with Gasteiger partial charge >= 0.3 is 0 Å². The molecule has 1 aromatic carbocycles. The first-order chi connectivity index (χ1) is 8.15. The highest BCUT2D eigenvalue weighted by atomic mass is 79.9. The number of nitrogens with zero attached hydrogens (tertiary/aromatic N) is 1. The van der Waals surface area contributed by atoms with Gasteiger partial charge in [-0.2, -0.15) is 0 Å². The van der Waals surface area contributed by atoms with E-state index >= 15 is 0 Å². The molecule has 1 heterocycles. The van der Waals surface area contributed by atoms with Crippen molar-refractivity contribution in [3.8, 4) is 0 Å². The zero-order valence-corrected chi connectivity index (χ0v) is 10.5. The van der Waals surface area contributed by atoms with E-state index in [2.05, 4.69) is 25.9 Å². The standard InChI is InChI=1S/C11H11BrF2N2O/c12-7-1-2-8-9(5-7)16-11(15-8)3-4-17-6-10(13)14/h1-2,5,10H,3-4,6H2,(H,15,16). The summed E-state index contributed by atoms with van der Waals surface area (Å²) < 4.78 is 29.4. The lowest BCUT2D eigenvalue weighted by molar-refractivity contribution is 0.0183. The van der Waals surface area contributed by atoms with Gasteiger partial charge in [0.1, 0.15) is 12.4 Å². The van der Waals surface area contributed by atoms with Crippen molar-refractivity contribution in [1.82, 2.24) is 9.97 Å². The van der Waals surface area contributed by atoms with Gasteiger partial charge in [-0.3, -0.25) is 0 Å². The molecule has 0 saturated carbocycles. The average molecular weight is 305 g/mol. The predicted octanol–water partition coefficient (Wildman–Crippen LogP) is 3.15. The Bertz CT molecular complexity index is 501. The molecule has 0 spiro atoms. The summed E-state index contributed by atoms with van der Waals surface area (Å²) in [6, 6.07) is 5.71. The zero-order chi connectivity index (χ0) is 12.3. The molecular weight excluding hydrogens is 294 g/mol. The Morgan fingerprint density at radius 1 is 1.41 bits per heavy atom. The van der Waals surface area contributed by atoms with Crippen LogP contribution in [-0.4, -0.2) is 29.6 Å². The number of aromatic nitrogens is 2. The van der Waals surface area contributed by atoms with Crippen LogP contribution < -0.4 is 0 Å². The molecule has 0 bridgehead atoms. The topological polar surface area (TPSA) is 37.9 Å². The summed E-state index contributed by atoms with van der Waals surface area (Å²) >= 11 is 3.37. The highest BCUT2D eigenvalue weighted by Crippen LogP contribution is 2.17. The number of rotatable bonds is 5. The number of hydrogen-bond acceptors (Lipinski definition) is 2. The summed E-state index contributed by atoms with van der Waals surface area (Å²) in [6.07, 6.45) is -1.92. The van der Waals surface area contributed by atoms with Crippen LogP contribution in [-0.2, 0) is 11.2 Å². The Kier molecular flexibility index (Phi) is 4.06. The largest absolute Gasteiger partial charge is 0.375 e. The van der Waals surface area contributed by atoms with Crippen LogP contribution in [0.15, 0.2) is 22.7 Å². The van der Waals surface area contributed by atoms with Crippen LogP contribution in [0.4, 0.5) is 8.78 Å². The number of H-pyrrole nitrogens is 1. The summed E-state index contributed by atoms with van der Waals surface area (Å²) in [5.74, 6) is 0.743. The molecule has 0 aliphatic heterocycles. The van der Waals surface area contributed by atoms with Gasteiger partial charge in [0, 0.05) is 10.9 Å². The normalized spacial score (nSPS) is 11.5. The first kappa shape index (κ1) is 12.4. The van der Waals surface area contributed by atoms with Crippen LogP contribution in [0.5, 0.6) is 0 Å². The molecule has 0 aliphatic rings. The average Bonchev–Trinajstić information content (AvgIpc) is 2.66. The highest BCUT2D eigenvalue weighted by Gasteiger charge is 2.05. The quantitative estimate of drug-likeness (QED) is 0.862. The highest BCUT2D eigenvalue weighted by molar-refractivity contribution is 9.10. The van der Waals surface area contributed by atoms with E-state index in [1.54, 1.807) is 0 Å². The molecule has 2 rings (SSSR count). The van der Waals surface area contributed by atoms with Crippen molar-refractivity contribution in [3.05, 3.63) is 28.5 Å². The Balaban J connectivity index is 1.95. The number of imidazole rings is 1. The van der Waals surface area contributed by atoms with E-state index in [1.807, 2.05) is 18.2 Å². The van der Waals surface area contributed by atoms with Crippen molar-refractivity contribution in [2.75, 3.05) is 13.2 Å². The van der Waals surface area contributed by atoms with Crippen molar-refractivity contribution in [2.45, 2.75) is 12.8 Å². The minimum absolute atomic E-state index is 0.241. The molecular formula is C11H11BrF2N2O. The van der Waals surface area contributed by atoms with Crippen molar-refractivity contribution in [3.63, 3.8) is 0 Å². The molecule has 0 aliphatic carbocycles. The van der Waals surface area contributed by atoms with Crippen LogP contribution in [0, 0.1) is 0 Å². The number of aromatic amines is 1. The Labute approximate surface area is 105 Å². The van der Waals surface area contributed by atoms with Crippen molar-refractivity contribution < 1.29 is 13.5 Å². The van der Waals surface area contributed by atoms with Crippen molar-refractivity contribution in [1.29, 1.82) is 0 Å². The van der Waals surface area contributed by atoms with Crippen molar-refractivity contribution >= 4 is 27.0 Å². The van der Waals surface area contributed by atoms with Gasteiger partial charge in [-0.25, -0.2) is 13.8 Å². The number of ether oxygens (including phenoxy) is 1. The lowest BCUT2D eigenvalue weighted by Crippen LogP contribution is -2.07. The van der Waals surface area contributed by atoms with Gasteiger partial charge in [0.05, 0.1) is 17.6 Å². The maximum Gasteiger partial charge on any atom is 0.261 e. The molecule has 17 heavy (non-hydrogen) atoms. The molecule has 2 aromatic rings. The fourth-order valence-electron chi connectivity index (χ4n) is 1.49. The third-order valence-corrected chi connectivity index (χ3v) is 2.71. The monoisotopic (exact) mass is 304 g/mol. The van der Waals surface area contributed by atoms with Gasteiger partial charge in [0.2, 0.25) is 0 Å². The SMILES string of the molecule is FC(F)COCCc1nc2ccc(Br)cc2[nH]1. The van der Waals surface area contributed by atoms with Gasteiger partial charge in [-0.05, 0) is 18.2 Å². The number of hydrogen-bond donors (Lipinski definition) is 1. The van der Waals surface area contributed by atoms with Crippen LogP contribution in [0.25, 0.3) is 11.0 Å². The minimum Gasteiger partial charge on any atom is -0.375 e. The molecule has 0 amide bonds. The second-order valence-corrected chi connectivity index (χ2v) is 4.48. The molecule has 92 valence electrons. The van der Waals surface area contributed by atoms with Crippen LogP contribution in [0.1, 0.15) is 5.82 Å². The molecule has 6 heteroatoms. The summed E-state index contributed by atoms with van der Waals surface area (Å²) in [5.41, 5.74) is 1.78. The van der Waals surface area contributed by atoms with Gasteiger partial charge in [-0.1, -0.05) is 15.9 Å². The number of nitrogens with one attached hydrogen (secondary N) is 1. The van der Waals surface area contributed by atoms with Crippen LogP contribution >= 0.6 is 15.9 Å². The van der Waals surface area contributed by atoms with E-state index in [0.717, 1.165) is 21.3 Å². The predicted molar refractivity (Wildman–Crippen MR) is 64.3 cm³/mol. The zero-order valence-electron chi connectivity index (χ0n) is 8.92. The van der Waals surface area contributed by atoms with Crippen LogP contribution in [0.3, 0.4) is 0 Å². The molecule has 0 saturated heterocycles. The maximum atomic E-state index is 11.8. The second-order valence-electron chi connectivity index (χ2n) is 3.56. The maximum absolute atomic E-state index is 11.8. The van der Waals surface area contributed by atoms with Gasteiger partial charge in [0.15, 0.2) is 0 Å². The number of benzene rings is 1. The van der Waals surface area contributed by atoms with E-state index in [-0.39, 0.29) is 6.61 Å². The first-order valence-electron chi connectivity index (χ1n) is 5.15. The van der Waals surface area contributed by atoms with Gasteiger partial charge in [-0.15, -0.1) is 0 Å². The Morgan fingerprint density at radius 3 is 3.00 bits per heavy atom. The molecule has 1 aromatic heterocycles. The summed E-state index contributed by atoms with van der Waals surface area (Å²) in [5, 5.41) is 0. The molecule has 3 nitrogen and oxygen atoms in total. The molecule has 0 fully saturated rings. The fraction of sp³-hybridized carbons (Fsp3) is 0.364. The van der Waals surface area contributed by atoms with E-state index in [4.69, 9.17) is 4.74 Å². The van der Waals surface area contributed by atoms with Crippen molar-refractivity contribution in [2.24, 2.45) is 0 Å². The Hall–Kier alpha value is -1.01. The Morgan fingerprint density at radius 2 is 2.24 bits per heavy atom. The first-order valence-corrected chi connectivity index (χ1v) is 5.94. The summed E-state index contributed by atoms with van der Waals surface area (Å²) in [6.45, 7) is -0.281. The minimum atomic E-state index is -2.42. The third kappa shape index (κ3) is 3.47. The van der Waals surface area contributed by atoms with E-state index in [0.29, 0.717) is 6.42 Å². The van der Waals surface area contributed by atoms with E-state index in [9.17, 15) is 8.78 Å². The molecule has 0 unspecified atom stereocenters. The molecule has 1 N–H and O–H groups in total. The lowest BCUT2D eigenvalue weighted by atomic mass is 10.3. The van der Waals surface area contributed by atoms with E-state index in [1.165, 1.54) is 0 Å². The van der Waals surface area contributed by atoms with E-state index < -0.39 is 13.0 Å². The summed E-state index contributed by atoms with van der Waals surface area (Å²) in [4.78, 5) is 7.44. The molecule has 0 radical (unpaired) electrons. The smallest absolute Gasteiger partial charge is 0.261 e. The van der Waals surface area contributed by atoms with Gasteiger partial charge in [0.25, 0.3) is 6.43 Å². The summed E-state index contributed by atoms with van der Waals surface area (Å²) in [7, 11) is 0.